The third kappa shape index (κ3) is 3.26. The molecule has 1 saturated heterocycles. The fourth-order valence-corrected chi connectivity index (χ4v) is 3.03. The topological polar surface area (TPSA) is 45.6 Å². The third-order valence-corrected chi connectivity index (χ3v) is 4.01. The Labute approximate surface area is 129 Å². The number of ether oxygens (including phenoxy) is 1. The molecule has 22 heavy (non-hydrogen) atoms. The Hall–Kier alpha value is -1.98. The van der Waals surface area contributed by atoms with Crippen LogP contribution in [0, 0.1) is 5.82 Å². The number of benzene rings is 1. The number of aliphatic hydroxyl groups excluding tert-OH is 1. The lowest BCUT2D eigenvalue weighted by Crippen LogP contribution is -2.24. The van der Waals surface area contributed by atoms with E-state index >= 15 is 0 Å². The van der Waals surface area contributed by atoms with Crippen molar-refractivity contribution in [3.05, 3.63) is 59.7 Å². The van der Waals surface area contributed by atoms with Gasteiger partial charge < -0.3 is 9.84 Å². The number of β-amino-alcohol motifs (C(OH)–C–C–N with tert-alkyl or cyclic N) is 1. The van der Waals surface area contributed by atoms with Crippen LogP contribution in [0.15, 0.2) is 42.7 Å². The van der Waals surface area contributed by atoms with Crippen molar-refractivity contribution in [2.24, 2.45) is 0 Å². The van der Waals surface area contributed by atoms with Crippen LogP contribution < -0.4 is 4.74 Å². The van der Waals surface area contributed by atoms with Crippen LogP contribution in [0.3, 0.4) is 0 Å². The zero-order valence-corrected chi connectivity index (χ0v) is 12.4. The molecular formula is C17H19FN2O2. The first kappa shape index (κ1) is 14.9. The minimum absolute atomic E-state index is 0.0911. The number of rotatable bonds is 4. The Morgan fingerprint density at radius 3 is 3.00 bits per heavy atom. The molecule has 1 aliphatic rings. The van der Waals surface area contributed by atoms with Crippen LogP contribution in [0.1, 0.15) is 23.6 Å². The van der Waals surface area contributed by atoms with Crippen LogP contribution in [0.5, 0.6) is 5.75 Å². The summed E-state index contributed by atoms with van der Waals surface area (Å²) in [4.78, 5) is 6.03. The highest BCUT2D eigenvalue weighted by Gasteiger charge is 2.32. The van der Waals surface area contributed by atoms with E-state index in [0.717, 1.165) is 16.9 Å². The molecule has 0 spiro atoms. The molecule has 2 aromatic rings. The maximum atomic E-state index is 13.3. The van der Waals surface area contributed by atoms with Crippen molar-refractivity contribution < 1.29 is 14.2 Å². The highest BCUT2D eigenvalue weighted by molar-refractivity contribution is 5.31. The lowest BCUT2D eigenvalue weighted by molar-refractivity contribution is 0.172. The van der Waals surface area contributed by atoms with Gasteiger partial charge in [0.2, 0.25) is 0 Å². The van der Waals surface area contributed by atoms with Gasteiger partial charge in [-0.15, -0.1) is 0 Å². The van der Waals surface area contributed by atoms with Gasteiger partial charge in [-0.3, -0.25) is 9.88 Å². The smallest absolute Gasteiger partial charge is 0.141 e. The van der Waals surface area contributed by atoms with E-state index in [1.54, 1.807) is 13.3 Å². The van der Waals surface area contributed by atoms with E-state index in [4.69, 9.17) is 4.74 Å². The molecule has 1 N–H and O–H groups in total. The number of pyridine rings is 1. The predicted molar refractivity (Wildman–Crippen MR) is 81.0 cm³/mol. The number of hydrogen-bond acceptors (Lipinski definition) is 4. The average Bonchev–Trinajstić information content (AvgIpc) is 2.88. The van der Waals surface area contributed by atoms with E-state index in [9.17, 15) is 9.50 Å². The first-order chi connectivity index (χ1) is 10.7. The molecule has 0 aliphatic carbocycles. The lowest BCUT2D eigenvalue weighted by atomic mass is 10.0. The third-order valence-electron chi connectivity index (χ3n) is 4.01. The van der Waals surface area contributed by atoms with Crippen LogP contribution in [0.25, 0.3) is 0 Å². The van der Waals surface area contributed by atoms with Gasteiger partial charge >= 0.3 is 0 Å². The highest BCUT2D eigenvalue weighted by atomic mass is 19.1. The van der Waals surface area contributed by atoms with Gasteiger partial charge in [0.1, 0.15) is 11.6 Å². The molecule has 5 heteroatoms. The Bertz CT molecular complexity index is 650. The van der Waals surface area contributed by atoms with Crippen molar-refractivity contribution in [3.63, 3.8) is 0 Å². The summed E-state index contributed by atoms with van der Waals surface area (Å²) >= 11 is 0. The first-order valence-corrected chi connectivity index (χ1v) is 7.31. The van der Waals surface area contributed by atoms with E-state index in [-0.39, 0.29) is 18.0 Å². The minimum Gasteiger partial charge on any atom is -0.497 e. The fraction of sp³-hybridized carbons (Fsp3) is 0.353. The monoisotopic (exact) mass is 302 g/mol. The van der Waals surface area contributed by atoms with Gasteiger partial charge in [0.05, 0.1) is 19.4 Å². The van der Waals surface area contributed by atoms with Crippen LogP contribution >= 0.6 is 0 Å². The summed E-state index contributed by atoms with van der Waals surface area (Å²) in [7, 11) is 1.64. The maximum absolute atomic E-state index is 13.3. The Balaban J connectivity index is 1.82. The number of methoxy groups -OCH3 is 1. The van der Waals surface area contributed by atoms with Crippen LogP contribution in [0.2, 0.25) is 0 Å². The standard InChI is InChI=1S/C17H19FN2O2/c1-22-16-4-2-3-13(6-16)17-7-15(21)11-20(17)10-12-5-14(18)9-19-8-12/h2-6,8-9,15,17,21H,7,10-11H2,1H3/t15-,17+/m0/s1. The summed E-state index contributed by atoms with van der Waals surface area (Å²) in [6.07, 6.45) is 3.14. The molecule has 3 rings (SSSR count). The zero-order valence-electron chi connectivity index (χ0n) is 12.4. The van der Waals surface area contributed by atoms with Crippen LogP contribution in [0.4, 0.5) is 4.39 Å². The molecule has 0 radical (unpaired) electrons. The van der Waals surface area contributed by atoms with Gasteiger partial charge in [-0.2, -0.15) is 0 Å². The molecule has 1 fully saturated rings. The number of aromatic nitrogens is 1. The molecule has 0 unspecified atom stereocenters. The lowest BCUT2D eigenvalue weighted by Gasteiger charge is -2.24. The number of nitrogens with zero attached hydrogens (tertiary/aromatic N) is 2. The number of aliphatic hydroxyl groups is 1. The van der Waals surface area contributed by atoms with Crippen molar-refractivity contribution in [1.82, 2.24) is 9.88 Å². The molecule has 2 atom stereocenters. The summed E-state index contributed by atoms with van der Waals surface area (Å²) in [5.41, 5.74) is 1.90. The van der Waals surface area contributed by atoms with Crippen LogP contribution in [-0.2, 0) is 6.54 Å². The van der Waals surface area contributed by atoms with Gasteiger partial charge in [0, 0.05) is 25.3 Å². The summed E-state index contributed by atoms with van der Waals surface area (Å²) in [5.74, 6) is 0.460. The van der Waals surface area contributed by atoms with E-state index < -0.39 is 0 Å². The van der Waals surface area contributed by atoms with E-state index in [1.165, 1.54) is 12.3 Å². The van der Waals surface area contributed by atoms with Crippen molar-refractivity contribution >= 4 is 0 Å². The molecule has 1 aromatic carbocycles. The molecule has 0 saturated carbocycles. The molecule has 0 amide bonds. The quantitative estimate of drug-likeness (QED) is 0.943. The highest BCUT2D eigenvalue weighted by Crippen LogP contribution is 2.34. The summed E-state index contributed by atoms with van der Waals surface area (Å²) in [6.45, 7) is 1.13. The average molecular weight is 302 g/mol. The fourth-order valence-electron chi connectivity index (χ4n) is 3.03. The van der Waals surface area contributed by atoms with Crippen molar-refractivity contribution in [3.8, 4) is 5.75 Å². The second-order valence-electron chi connectivity index (χ2n) is 5.62. The second kappa shape index (κ2) is 6.42. The Kier molecular flexibility index (Phi) is 4.36. The summed E-state index contributed by atoms with van der Waals surface area (Å²) in [5, 5.41) is 10.0. The van der Waals surface area contributed by atoms with Gasteiger partial charge in [-0.25, -0.2) is 4.39 Å². The normalized spacial score (nSPS) is 22.0. The first-order valence-electron chi connectivity index (χ1n) is 7.31. The van der Waals surface area contributed by atoms with Crippen molar-refractivity contribution in [2.75, 3.05) is 13.7 Å². The van der Waals surface area contributed by atoms with Gasteiger partial charge in [0.15, 0.2) is 0 Å². The Morgan fingerprint density at radius 1 is 1.36 bits per heavy atom. The largest absolute Gasteiger partial charge is 0.497 e. The molecule has 1 aliphatic heterocycles. The predicted octanol–water partition coefficient (Wildman–Crippen LogP) is 2.54. The number of halogens is 1. The maximum Gasteiger partial charge on any atom is 0.141 e. The molecule has 0 bridgehead atoms. The zero-order chi connectivity index (χ0) is 15.5. The van der Waals surface area contributed by atoms with Crippen molar-refractivity contribution in [1.29, 1.82) is 0 Å². The van der Waals surface area contributed by atoms with Crippen LogP contribution in [-0.4, -0.2) is 34.7 Å². The van der Waals surface area contributed by atoms with Crippen molar-refractivity contribution in [2.45, 2.75) is 25.1 Å². The van der Waals surface area contributed by atoms with Gasteiger partial charge in [0.25, 0.3) is 0 Å². The van der Waals surface area contributed by atoms with Gasteiger partial charge in [-0.05, 0) is 35.7 Å². The molecule has 2 heterocycles. The molecular weight excluding hydrogens is 283 g/mol. The molecule has 116 valence electrons. The minimum atomic E-state index is -0.377. The molecule has 1 aromatic heterocycles. The Morgan fingerprint density at radius 2 is 2.23 bits per heavy atom. The van der Waals surface area contributed by atoms with E-state index in [2.05, 4.69) is 9.88 Å². The number of likely N-dealkylation sites (tertiary alicyclic amines) is 1. The van der Waals surface area contributed by atoms with E-state index in [0.29, 0.717) is 19.5 Å². The molecule has 4 nitrogen and oxygen atoms in total. The second-order valence-corrected chi connectivity index (χ2v) is 5.62. The van der Waals surface area contributed by atoms with E-state index in [1.807, 2.05) is 24.3 Å². The summed E-state index contributed by atoms with van der Waals surface area (Å²) < 4.78 is 18.6. The summed E-state index contributed by atoms with van der Waals surface area (Å²) in [6, 6.07) is 9.44. The van der Waals surface area contributed by atoms with Gasteiger partial charge in [-0.1, -0.05) is 12.1 Å². The SMILES string of the molecule is COc1cccc([C@H]2C[C@H](O)CN2Cc2cncc(F)c2)c1. The number of hydrogen-bond donors (Lipinski definition) is 1.